The molecular formula is C18H11NO3. The molecule has 0 amide bonds. The molecule has 0 saturated heterocycles. The van der Waals surface area contributed by atoms with Gasteiger partial charge in [-0.3, -0.25) is 9.78 Å². The third kappa shape index (κ3) is 1.93. The van der Waals surface area contributed by atoms with Crippen LogP contribution in [0.15, 0.2) is 70.0 Å². The van der Waals surface area contributed by atoms with Gasteiger partial charge in [-0.25, -0.2) is 0 Å². The number of aromatic hydroxyl groups is 1. The van der Waals surface area contributed by atoms with E-state index in [9.17, 15) is 9.90 Å². The maximum atomic E-state index is 12.2. The Bertz CT molecular complexity index is 1070. The van der Waals surface area contributed by atoms with Crippen LogP contribution in [0, 0.1) is 0 Å². The second kappa shape index (κ2) is 4.70. The van der Waals surface area contributed by atoms with E-state index in [1.807, 2.05) is 12.1 Å². The number of hydrogen-bond acceptors (Lipinski definition) is 4. The van der Waals surface area contributed by atoms with E-state index in [4.69, 9.17) is 4.42 Å². The van der Waals surface area contributed by atoms with Gasteiger partial charge in [0, 0.05) is 23.0 Å². The molecule has 1 N–H and O–H groups in total. The van der Waals surface area contributed by atoms with Gasteiger partial charge in [-0.2, -0.15) is 0 Å². The van der Waals surface area contributed by atoms with Crippen molar-refractivity contribution in [2.75, 3.05) is 0 Å². The summed E-state index contributed by atoms with van der Waals surface area (Å²) in [5, 5.41) is 12.0. The molecule has 4 nitrogen and oxygen atoms in total. The van der Waals surface area contributed by atoms with Crippen LogP contribution in [0.2, 0.25) is 0 Å². The van der Waals surface area contributed by atoms with Gasteiger partial charge in [0.15, 0.2) is 11.2 Å². The smallest absolute Gasteiger partial charge is 0.193 e. The number of fused-ring (bicyclic) bond motifs is 2. The zero-order valence-electron chi connectivity index (χ0n) is 11.5. The summed E-state index contributed by atoms with van der Waals surface area (Å²) >= 11 is 0. The molecular weight excluding hydrogens is 278 g/mol. The largest absolute Gasteiger partial charge is 0.507 e. The van der Waals surface area contributed by atoms with Crippen LogP contribution >= 0.6 is 0 Å². The molecule has 0 aliphatic carbocycles. The van der Waals surface area contributed by atoms with Crippen molar-refractivity contribution in [3.8, 4) is 17.2 Å². The minimum Gasteiger partial charge on any atom is -0.507 e. The number of para-hydroxylation sites is 1. The molecule has 0 unspecified atom stereocenters. The van der Waals surface area contributed by atoms with Gasteiger partial charge < -0.3 is 9.52 Å². The topological polar surface area (TPSA) is 63.3 Å². The third-order valence-corrected chi connectivity index (χ3v) is 3.63. The van der Waals surface area contributed by atoms with Crippen LogP contribution in [0.3, 0.4) is 0 Å². The number of aromatic nitrogens is 1. The van der Waals surface area contributed by atoms with Crippen LogP contribution in [0.1, 0.15) is 0 Å². The molecule has 22 heavy (non-hydrogen) atoms. The van der Waals surface area contributed by atoms with Crippen LogP contribution in [0.5, 0.6) is 5.75 Å². The number of hydrogen-bond donors (Lipinski definition) is 1. The number of pyridine rings is 1. The maximum Gasteiger partial charge on any atom is 0.193 e. The fourth-order valence-corrected chi connectivity index (χ4v) is 2.52. The fourth-order valence-electron chi connectivity index (χ4n) is 2.52. The van der Waals surface area contributed by atoms with Gasteiger partial charge in [-0.15, -0.1) is 0 Å². The lowest BCUT2D eigenvalue weighted by Crippen LogP contribution is -2.00. The van der Waals surface area contributed by atoms with E-state index in [2.05, 4.69) is 4.98 Å². The molecule has 0 atom stereocenters. The Morgan fingerprint density at radius 1 is 0.955 bits per heavy atom. The lowest BCUT2D eigenvalue weighted by atomic mass is 10.1. The molecule has 0 saturated carbocycles. The molecule has 106 valence electrons. The molecule has 0 bridgehead atoms. The van der Waals surface area contributed by atoms with Crippen molar-refractivity contribution in [1.29, 1.82) is 0 Å². The first kappa shape index (κ1) is 12.6. The Labute approximate surface area is 125 Å². The van der Waals surface area contributed by atoms with Crippen LogP contribution in [-0.4, -0.2) is 10.1 Å². The number of phenolic OH excluding ortho intramolecular Hbond substituents is 1. The summed E-state index contributed by atoms with van der Waals surface area (Å²) < 4.78 is 5.77. The average Bonchev–Trinajstić information content (AvgIpc) is 2.55. The summed E-state index contributed by atoms with van der Waals surface area (Å²) in [7, 11) is 0. The van der Waals surface area contributed by atoms with Gasteiger partial charge in [0.2, 0.25) is 0 Å². The summed E-state index contributed by atoms with van der Waals surface area (Å²) in [5.41, 5.74) is 0.914. The highest BCUT2D eigenvalue weighted by Gasteiger charge is 2.09. The molecule has 2 aromatic heterocycles. The first-order valence-electron chi connectivity index (χ1n) is 6.83. The van der Waals surface area contributed by atoms with Gasteiger partial charge in [0.1, 0.15) is 17.0 Å². The number of nitrogens with zero attached hydrogens (tertiary/aromatic N) is 1. The van der Waals surface area contributed by atoms with Crippen molar-refractivity contribution in [3.05, 3.63) is 71.0 Å². The van der Waals surface area contributed by atoms with Crippen molar-refractivity contribution in [3.63, 3.8) is 0 Å². The van der Waals surface area contributed by atoms with Crippen molar-refractivity contribution in [1.82, 2.24) is 4.98 Å². The fraction of sp³-hybridized carbons (Fsp3) is 0. The maximum absolute atomic E-state index is 12.2. The van der Waals surface area contributed by atoms with E-state index in [0.29, 0.717) is 27.8 Å². The summed E-state index contributed by atoms with van der Waals surface area (Å²) in [4.78, 5) is 16.5. The predicted octanol–water partition coefficient (Wildman–Crippen LogP) is 3.71. The predicted molar refractivity (Wildman–Crippen MR) is 84.9 cm³/mol. The van der Waals surface area contributed by atoms with Gasteiger partial charge in [0.25, 0.3) is 0 Å². The van der Waals surface area contributed by atoms with E-state index in [1.165, 1.54) is 6.07 Å². The molecule has 4 heteroatoms. The van der Waals surface area contributed by atoms with E-state index < -0.39 is 0 Å². The van der Waals surface area contributed by atoms with Crippen molar-refractivity contribution < 1.29 is 9.52 Å². The molecule has 2 aromatic carbocycles. The quantitative estimate of drug-likeness (QED) is 0.580. The van der Waals surface area contributed by atoms with E-state index >= 15 is 0 Å². The normalized spacial score (nSPS) is 11.1. The highest BCUT2D eigenvalue weighted by Crippen LogP contribution is 2.28. The lowest BCUT2D eigenvalue weighted by Gasteiger charge is -2.05. The van der Waals surface area contributed by atoms with Crippen molar-refractivity contribution in [2.45, 2.75) is 0 Å². The molecule has 0 aliphatic heterocycles. The summed E-state index contributed by atoms with van der Waals surface area (Å²) in [6, 6.07) is 15.5. The SMILES string of the molecule is O=c1cc(-c2cc3c(O)cccc3cn2)oc2ccccc12. The minimum absolute atomic E-state index is 0.115. The highest BCUT2D eigenvalue weighted by molar-refractivity contribution is 5.90. The Balaban J connectivity index is 1.99. The molecule has 0 aliphatic rings. The average molecular weight is 289 g/mol. The zero-order chi connectivity index (χ0) is 15.1. The van der Waals surface area contributed by atoms with Gasteiger partial charge in [-0.1, -0.05) is 24.3 Å². The Hall–Kier alpha value is -3.14. The van der Waals surface area contributed by atoms with E-state index in [-0.39, 0.29) is 11.2 Å². The highest BCUT2D eigenvalue weighted by atomic mass is 16.3. The number of rotatable bonds is 1. The lowest BCUT2D eigenvalue weighted by molar-refractivity contribution is 0.481. The van der Waals surface area contributed by atoms with Crippen LogP contribution in [-0.2, 0) is 0 Å². The molecule has 2 heterocycles. The zero-order valence-corrected chi connectivity index (χ0v) is 11.5. The van der Waals surface area contributed by atoms with Gasteiger partial charge in [-0.05, 0) is 24.3 Å². The summed E-state index contributed by atoms with van der Waals surface area (Å²) in [6.07, 6.45) is 1.65. The monoisotopic (exact) mass is 289 g/mol. The molecule has 4 rings (SSSR count). The van der Waals surface area contributed by atoms with Crippen LogP contribution < -0.4 is 5.43 Å². The standard InChI is InChI=1S/C18H11NO3/c20-15-6-3-4-11-10-19-14(8-13(11)15)18-9-16(21)12-5-1-2-7-17(12)22-18/h1-10,20H. The van der Waals surface area contributed by atoms with Gasteiger partial charge in [0.05, 0.1) is 5.39 Å². The van der Waals surface area contributed by atoms with E-state index in [0.717, 1.165) is 5.39 Å². The Morgan fingerprint density at radius 3 is 2.73 bits per heavy atom. The third-order valence-electron chi connectivity index (χ3n) is 3.63. The molecule has 0 spiro atoms. The second-order valence-corrected chi connectivity index (χ2v) is 5.04. The Kier molecular flexibility index (Phi) is 2.69. The molecule has 4 aromatic rings. The number of phenols is 1. The van der Waals surface area contributed by atoms with E-state index in [1.54, 1.807) is 42.6 Å². The molecule has 0 radical (unpaired) electrons. The second-order valence-electron chi connectivity index (χ2n) is 5.04. The van der Waals surface area contributed by atoms with Crippen molar-refractivity contribution in [2.24, 2.45) is 0 Å². The summed E-state index contributed by atoms with van der Waals surface area (Å²) in [6.45, 7) is 0. The minimum atomic E-state index is -0.115. The Morgan fingerprint density at radius 2 is 1.82 bits per heavy atom. The van der Waals surface area contributed by atoms with Gasteiger partial charge >= 0.3 is 0 Å². The van der Waals surface area contributed by atoms with Crippen LogP contribution in [0.25, 0.3) is 33.2 Å². The van der Waals surface area contributed by atoms with Crippen molar-refractivity contribution >= 4 is 21.7 Å². The molecule has 0 fully saturated rings. The first-order valence-corrected chi connectivity index (χ1v) is 6.83. The first-order chi connectivity index (χ1) is 10.7. The van der Waals surface area contributed by atoms with Crippen LogP contribution in [0.4, 0.5) is 0 Å². The number of benzene rings is 2. The summed E-state index contributed by atoms with van der Waals surface area (Å²) in [5.74, 6) is 0.554.